The SMILES string of the molecule is CC(C)[C@@H](Sc1ncnc2c1cnn2C)C(=O)Nc1ccccc1C(F)(F)F. The van der Waals surface area contributed by atoms with E-state index in [1.54, 1.807) is 17.9 Å². The number of halogens is 3. The van der Waals surface area contributed by atoms with E-state index in [4.69, 9.17) is 0 Å². The summed E-state index contributed by atoms with van der Waals surface area (Å²) in [5.41, 5.74) is -0.532. The van der Waals surface area contributed by atoms with Crippen molar-refractivity contribution in [1.82, 2.24) is 19.7 Å². The number of hydrogen-bond donors (Lipinski definition) is 1. The van der Waals surface area contributed by atoms with Crippen molar-refractivity contribution >= 4 is 34.4 Å². The summed E-state index contributed by atoms with van der Waals surface area (Å²) in [5, 5.41) is 7.15. The van der Waals surface area contributed by atoms with Crippen molar-refractivity contribution in [3.8, 4) is 0 Å². The molecular weight excluding hydrogens is 391 g/mol. The first kappa shape index (κ1) is 20.1. The van der Waals surface area contributed by atoms with E-state index in [1.807, 2.05) is 13.8 Å². The van der Waals surface area contributed by atoms with Crippen LogP contribution in [0.3, 0.4) is 0 Å². The maximum atomic E-state index is 13.2. The first-order valence-electron chi connectivity index (χ1n) is 8.45. The van der Waals surface area contributed by atoms with E-state index in [0.717, 1.165) is 6.07 Å². The van der Waals surface area contributed by atoms with E-state index in [1.165, 1.54) is 36.3 Å². The summed E-state index contributed by atoms with van der Waals surface area (Å²) in [6, 6.07) is 4.92. The van der Waals surface area contributed by atoms with E-state index in [-0.39, 0.29) is 11.6 Å². The zero-order valence-electron chi connectivity index (χ0n) is 15.4. The summed E-state index contributed by atoms with van der Waals surface area (Å²) >= 11 is 1.18. The van der Waals surface area contributed by atoms with Crippen molar-refractivity contribution in [3.05, 3.63) is 42.4 Å². The number of para-hydroxylation sites is 1. The highest BCUT2D eigenvalue weighted by atomic mass is 32.2. The van der Waals surface area contributed by atoms with Crippen LogP contribution in [0.5, 0.6) is 0 Å². The highest BCUT2D eigenvalue weighted by Crippen LogP contribution is 2.36. The van der Waals surface area contributed by atoms with Crippen LogP contribution < -0.4 is 5.32 Å². The summed E-state index contributed by atoms with van der Waals surface area (Å²) in [7, 11) is 1.74. The highest BCUT2D eigenvalue weighted by molar-refractivity contribution is 8.00. The molecule has 0 bridgehead atoms. The molecule has 1 aromatic carbocycles. The van der Waals surface area contributed by atoms with E-state index in [9.17, 15) is 18.0 Å². The normalized spacial score (nSPS) is 13.1. The first-order valence-corrected chi connectivity index (χ1v) is 9.33. The van der Waals surface area contributed by atoms with Gasteiger partial charge in [0.25, 0.3) is 0 Å². The van der Waals surface area contributed by atoms with Gasteiger partial charge in [-0.1, -0.05) is 37.7 Å². The van der Waals surface area contributed by atoms with Gasteiger partial charge in [0.2, 0.25) is 5.91 Å². The fourth-order valence-electron chi connectivity index (χ4n) is 2.69. The van der Waals surface area contributed by atoms with Crippen molar-refractivity contribution in [1.29, 1.82) is 0 Å². The molecule has 3 aromatic rings. The minimum Gasteiger partial charge on any atom is -0.325 e. The lowest BCUT2D eigenvalue weighted by atomic mass is 10.1. The molecule has 0 unspecified atom stereocenters. The molecule has 0 aliphatic heterocycles. The third-order valence-corrected chi connectivity index (χ3v) is 5.65. The summed E-state index contributed by atoms with van der Waals surface area (Å²) in [6.45, 7) is 3.66. The Morgan fingerprint density at radius 2 is 1.93 bits per heavy atom. The molecule has 2 heterocycles. The van der Waals surface area contributed by atoms with Gasteiger partial charge in [0.15, 0.2) is 5.65 Å². The van der Waals surface area contributed by atoms with Gasteiger partial charge in [0.05, 0.1) is 28.1 Å². The number of anilines is 1. The number of nitrogens with one attached hydrogen (secondary N) is 1. The number of hydrogen-bond acceptors (Lipinski definition) is 5. The molecular formula is C18H18F3N5OS. The molecule has 1 atom stereocenters. The average Bonchev–Trinajstić information content (AvgIpc) is 3.01. The lowest BCUT2D eigenvalue weighted by molar-refractivity contribution is -0.137. The molecule has 0 radical (unpaired) electrons. The number of fused-ring (bicyclic) bond motifs is 1. The highest BCUT2D eigenvalue weighted by Gasteiger charge is 2.34. The minimum atomic E-state index is -4.56. The maximum Gasteiger partial charge on any atom is 0.418 e. The number of carbonyl (C=O) groups is 1. The van der Waals surface area contributed by atoms with E-state index >= 15 is 0 Å². The van der Waals surface area contributed by atoms with Crippen LogP contribution in [0, 0.1) is 5.92 Å². The number of carbonyl (C=O) groups excluding carboxylic acids is 1. The van der Waals surface area contributed by atoms with Crippen molar-refractivity contribution in [2.75, 3.05) is 5.32 Å². The topological polar surface area (TPSA) is 72.7 Å². The molecule has 10 heteroatoms. The van der Waals surface area contributed by atoms with Crippen LogP contribution in [0.4, 0.5) is 18.9 Å². The lowest BCUT2D eigenvalue weighted by Crippen LogP contribution is -2.30. The Bertz CT molecular complexity index is 1000. The maximum absolute atomic E-state index is 13.2. The Morgan fingerprint density at radius 1 is 1.21 bits per heavy atom. The Hall–Kier alpha value is -2.62. The van der Waals surface area contributed by atoms with Crippen molar-refractivity contribution < 1.29 is 18.0 Å². The van der Waals surface area contributed by atoms with Crippen LogP contribution in [0.2, 0.25) is 0 Å². The smallest absolute Gasteiger partial charge is 0.325 e. The third-order valence-electron chi connectivity index (χ3n) is 4.09. The summed E-state index contributed by atoms with van der Waals surface area (Å²) in [6.07, 6.45) is -1.58. The number of nitrogens with zero attached hydrogens (tertiary/aromatic N) is 4. The zero-order valence-corrected chi connectivity index (χ0v) is 16.2. The molecule has 1 amide bonds. The van der Waals surface area contributed by atoms with Gasteiger partial charge >= 0.3 is 6.18 Å². The molecule has 0 spiro atoms. The number of alkyl halides is 3. The van der Waals surface area contributed by atoms with Crippen LogP contribution in [0.1, 0.15) is 19.4 Å². The van der Waals surface area contributed by atoms with Crippen LogP contribution in [0.15, 0.2) is 41.8 Å². The van der Waals surface area contributed by atoms with Crippen molar-refractivity contribution in [3.63, 3.8) is 0 Å². The van der Waals surface area contributed by atoms with Crippen molar-refractivity contribution in [2.24, 2.45) is 13.0 Å². The Balaban J connectivity index is 1.88. The standard InChI is InChI=1S/C18H18F3N5OS/c1-10(2)14(28-17-11-8-24-26(3)15(11)22-9-23-17)16(27)25-13-7-5-4-6-12(13)18(19,20)21/h4-10,14H,1-3H3,(H,25,27)/t14-/m1/s1. The largest absolute Gasteiger partial charge is 0.418 e. The Labute approximate surface area is 163 Å². The molecule has 0 fully saturated rings. The molecule has 2 aromatic heterocycles. The Kier molecular flexibility index (Phi) is 5.59. The van der Waals surface area contributed by atoms with Crippen molar-refractivity contribution in [2.45, 2.75) is 30.3 Å². The second-order valence-electron chi connectivity index (χ2n) is 6.50. The number of amides is 1. The van der Waals surface area contributed by atoms with E-state index in [2.05, 4.69) is 20.4 Å². The summed E-state index contributed by atoms with van der Waals surface area (Å²) in [5.74, 6) is -0.669. The fraction of sp³-hybridized carbons (Fsp3) is 0.333. The second kappa shape index (κ2) is 7.78. The first-order chi connectivity index (χ1) is 13.2. The van der Waals surface area contributed by atoms with Crippen LogP contribution in [0.25, 0.3) is 11.0 Å². The van der Waals surface area contributed by atoms with Gasteiger partial charge in [-0.25, -0.2) is 9.97 Å². The number of rotatable bonds is 5. The number of aromatic nitrogens is 4. The van der Waals surface area contributed by atoms with Gasteiger partial charge in [-0.3, -0.25) is 9.48 Å². The molecule has 1 N–H and O–H groups in total. The Morgan fingerprint density at radius 3 is 2.61 bits per heavy atom. The second-order valence-corrected chi connectivity index (χ2v) is 7.63. The van der Waals surface area contributed by atoms with E-state index < -0.39 is 22.9 Å². The van der Waals surface area contributed by atoms with Gasteiger partial charge in [0, 0.05) is 7.05 Å². The zero-order chi connectivity index (χ0) is 20.5. The molecule has 6 nitrogen and oxygen atoms in total. The molecule has 3 rings (SSSR count). The van der Waals surface area contributed by atoms with Crippen LogP contribution in [-0.2, 0) is 18.0 Å². The molecule has 28 heavy (non-hydrogen) atoms. The summed E-state index contributed by atoms with van der Waals surface area (Å²) in [4.78, 5) is 21.2. The number of benzene rings is 1. The van der Waals surface area contributed by atoms with Gasteiger partial charge in [0.1, 0.15) is 11.4 Å². The monoisotopic (exact) mass is 409 g/mol. The van der Waals surface area contributed by atoms with Gasteiger partial charge < -0.3 is 5.32 Å². The third kappa shape index (κ3) is 4.11. The fourth-order valence-corrected chi connectivity index (χ4v) is 3.75. The molecule has 0 aliphatic carbocycles. The quantitative estimate of drug-likeness (QED) is 0.507. The van der Waals surface area contributed by atoms with Crippen LogP contribution >= 0.6 is 11.8 Å². The number of thioether (sulfide) groups is 1. The molecule has 148 valence electrons. The predicted octanol–water partition coefficient (Wildman–Crippen LogP) is 4.14. The average molecular weight is 409 g/mol. The van der Waals surface area contributed by atoms with Crippen LogP contribution in [-0.4, -0.2) is 30.9 Å². The van der Waals surface area contributed by atoms with Gasteiger partial charge in [-0.15, -0.1) is 0 Å². The number of aryl methyl sites for hydroxylation is 1. The van der Waals surface area contributed by atoms with Gasteiger partial charge in [-0.05, 0) is 18.1 Å². The minimum absolute atomic E-state index is 0.148. The lowest BCUT2D eigenvalue weighted by Gasteiger charge is -2.21. The molecule has 0 aliphatic rings. The van der Waals surface area contributed by atoms with Gasteiger partial charge in [-0.2, -0.15) is 18.3 Å². The van der Waals surface area contributed by atoms with E-state index in [0.29, 0.717) is 16.1 Å². The molecule has 0 saturated heterocycles. The summed E-state index contributed by atoms with van der Waals surface area (Å²) < 4.78 is 41.2. The molecule has 0 saturated carbocycles. The predicted molar refractivity (Wildman–Crippen MR) is 101 cm³/mol.